The van der Waals surface area contributed by atoms with Crippen LogP contribution >= 0.6 is 0 Å². The van der Waals surface area contributed by atoms with E-state index in [0.29, 0.717) is 6.54 Å². The predicted octanol–water partition coefficient (Wildman–Crippen LogP) is -0.454. The van der Waals surface area contributed by atoms with Crippen molar-refractivity contribution in [2.45, 2.75) is 19.4 Å². The van der Waals surface area contributed by atoms with Crippen LogP contribution in [0.15, 0.2) is 0 Å². The van der Waals surface area contributed by atoms with E-state index in [2.05, 4.69) is 5.32 Å². The van der Waals surface area contributed by atoms with Crippen LogP contribution in [0.4, 0.5) is 0 Å². The fraction of sp³-hybridized carbons (Fsp3) is 1.00. The summed E-state index contributed by atoms with van der Waals surface area (Å²) in [6.07, 6.45) is 0.933. The van der Waals surface area contributed by atoms with E-state index >= 15 is 0 Å². The summed E-state index contributed by atoms with van der Waals surface area (Å²) >= 11 is 0. The molecule has 80 valence electrons. The molecule has 0 heterocycles. The van der Waals surface area contributed by atoms with Crippen molar-refractivity contribution in [3.63, 3.8) is 0 Å². The number of nitrogens with one attached hydrogen (secondary N) is 1. The number of hydrogen-bond donors (Lipinski definition) is 1. The van der Waals surface area contributed by atoms with Gasteiger partial charge in [-0.1, -0.05) is 6.92 Å². The molecular weight excluding hydrogens is 194 g/mol. The maximum absolute atomic E-state index is 10.2. The standard InChI is InChI=1S/C7H17NO4S/c1-3-7(12-2)6-8-4-5-13(9,10)11/h7-8H,3-6H2,1-2H3,(H,9,10,11)/p-1. The zero-order valence-electron chi connectivity index (χ0n) is 7.95. The molecule has 0 fully saturated rings. The summed E-state index contributed by atoms with van der Waals surface area (Å²) in [5.74, 6) is -0.368. The Morgan fingerprint density at radius 1 is 1.54 bits per heavy atom. The molecule has 0 saturated heterocycles. The van der Waals surface area contributed by atoms with Crippen molar-refractivity contribution in [2.75, 3.05) is 26.0 Å². The van der Waals surface area contributed by atoms with Crippen LogP contribution in [0.2, 0.25) is 0 Å². The molecule has 0 radical (unpaired) electrons. The van der Waals surface area contributed by atoms with E-state index in [0.717, 1.165) is 6.42 Å². The molecule has 5 nitrogen and oxygen atoms in total. The minimum Gasteiger partial charge on any atom is -0.748 e. The zero-order chi connectivity index (χ0) is 10.3. The first kappa shape index (κ1) is 12.8. The zero-order valence-corrected chi connectivity index (χ0v) is 8.76. The molecule has 0 aromatic carbocycles. The summed E-state index contributed by atoms with van der Waals surface area (Å²) in [4.78, 5) is 0. The van der Waals surface area contributed by atoms with E-state index in [1.807, 2.05) is 6.92 Å². The molecule has 0 aliphatic carbocycles. The van der Waals surface area contributed by atoms with E-state index in [-0.39, 0.29) is 18.4 Å². The first-order chi connectivity index (χ1) is 5.99. The number of hydrogen-bond acceptors (Lipinski definition) is 5. The number of rotatable bonds is 7. The Kier molecular flexibility index (Phi) is 6.23. The molecule has 13 heavy (non-hydrogen) atoms. The van der Waals surface area contributed by atoms with Crippen LogP contribution in [0, 0.1) is 0 Å². The molecular formula is C7H16NO4S-. The molecule has 0 saturated carbocycles. The van der Waals surface area contributed by atoms with E-state index in [9.17, 15) is 13.0 Å². The predicted molar refractivity (Wildman–Crippen MR) is 48.5 cm³/mol. The Hall–Kier alpha value is -0.170. The summed E-state index contributed by atoms with van der Waals surface area (Å²) in [6.45, 7) is 2.73. The molecule has 6 heteroatoms. The van der Waals surface area contributed by atoms with Crippen molar-refractivity contribution in [2.24, 2.45) is 0 Å². The second kappa shape index (κ2) is 6.31. The third-order valence-electron chi connectivity index (χ3n) is 1.69. The van der Waals surface area contributed by atoms with Crippen molar-refractivity contribution in [1.82, 2.24) is 5.32 Å². The first-order valence-corrected chi connectivity index (χ1v) is 5.74. The molecule has 0 aromatic rings. The highest BCUT2D eigenvalue weighted by atomic mass is 32.2. The molecule has 0 amide bonds. The fourth-order valence-electron chi connectivity index (χ4n) is 0.855. The van der Waals surface area contributed by atoms with Gasteiger partial charge in [-0.05, 0) is 6.42 Å². The third kappa shape index (κ3) is 8.17. The quantitative estimate of drug-likeness (QED) is 0.454. The van der Waals surface area contributed by atoms with Crippen molar-refractivity contribution in [3.05, 3.63) is 0 Å². The average molecular weight is 210 g/mol. The van der Waals surface area contributed by atoms with Gasteiger partial charge in [-0.15, -0.1) is 0 Å². The lowest BCUT2D eigenvalue weighted by atomic mass is 10.3. The largest absolute Gasteiger partial charge is 0.748 e. The number of ether oxygens (including phenoxy) is 1. The topological polar surface area (TPSA) is 78.5 Å². The van der Waals surface area contributed by atoms with Gasteiger partial charge in [0.1, 0.15) is 0 Å². The van der Waals surface area contributed by atoms with E-state index < -0.39 is 10.1 Å². The molecule has 0 aliphatic heterocycles. The summed E-state index contributed by atoms with van der Waals surface area (Å²) in [6, 6.07) is 0. The van der Waals surface area contributed by atoms with Crippen LogP contribution in [-0.2, 0) is 14.9 Å². The lowest BCUT2D eigenvalue weighted by Gasteiger charge is -2.14. The lowest BCUT2D eigenvalue weighted by molar-refractivity contribution is 0.0992. The van der Waals surface area contributed by atoms with Crippen molar-refractivity contribution in [1.29, 1.82) is 0 Å². The minimum atomic E-state index is -4.09. The van der Waals surface area contributed by atoms with Gasteiger partial charge in [-0.3, -0.25) is 0 Å². The molecule has 0 spiro atoms. The molecule has 0 aromatic heterocycles. The van der Waals surface area contributed by atoms with Crippen molar-refractivity contribution in [3.8, 4) is 0 Å². The molecule has 1 unspecified atom stereocenters. The van der Waals surface area contributed by atoms with Gasteiger partial charge in [0.05, 0.1) is 22.0 Å². The van der Waals surface area contributed by atoms with Gasteiger partial charge in [0.2, 0.25) is 0 Å². The lowest BCUT2D eigenvalue weighted by Crippen LogP contribution is -2.31. The van der Waals surface area contributed by atoms with Gasteiger partial charge in [-0.25, -0.2) is 8.42 Å². The summed E-state index contributed by atoms with van der Waals surface area (Å²) in [5.41, 5.74) is 0. The first-order valence-electron chi connectivity index (χ1n) is 4.16. The van der Waals surface area contributed by atoms with Crippen LogP contribution in [0.25, 0.3) is 0 Å². The van der Waals surface area contributed by atoms with Gasteiger partial charge in [0, 0.05) is 20.2 Å². The van der Waals surface area contributed by atoms with E-state index in [1.54, 1.807) is 7.11 Å². The van der Waals surface area contributed by atoms with Crippen LogP contribution in [0.3, 0.4) is 0 Å². The van der Waals surface area contributed by atoms with Crippen LogP contribution in [0.5, 0.6) is 0 Å². The molecule has 0 rings (SSSR count). The normalized spacial score (nSPS) is 14.4. The monoisotopic (exact) mass is 210 g/mol. The Bertz CT molecular complexity index is 211. The Labute approximate surface area is 79.2 Å². The molecule has 1 atom stereocenters. The summed E-state index contributed by atoms with van der Waals surface area (Å²) < 4.78 is 35.6. The van der Waals surface area contributed by atoms with Crippen molar-refractivity contribution < 1.29 is 17.7 Å². The third-order valence-corrected chi connectivity index (χ3v) is 2.39. The second-order valence-corrected chi connectivity index (χ2v) is 4.26. The highest BCUT2D eigenvalue weighted by Crippen LogP contribution is 1.92. The Balaban J connectivity index is 3.45. The Morgan fingerprint density at radius 3 is 2.54 bits per heavy atom. The van der Waals surface area contributed by atoms with Gasteiger partial charge in [0.15, 0.2) is 0 Å². The molecule has 0 bridgehead atoms. The Morgan fingerprint density at radius 2 is 2.15 bits per heavy atom. The van der Waals surface area contributed by atoms with Gasteiger partial charge in [-0.2, -0.15) is 0 Å². The van der Waals surface area contributed by atoms with Gasteiger partial charge < -0.3 is 14.6 Å². The second-order valence-electron chi connectivity index (χ2n) is 2.73. The van der Waals surface area contributed by atoms with E-state index in [1.165, 1.54) is 0 Å². The van der Waals surface area contributed by atoms with Crippen molar-refractivity contribution >= 4 is 10.1 Å². The summed E-state index contributed by atoms with van der Waals surface area (Å²) in [5, 5.41) is 2.84. The SMILES string of the molecule is CCC(CNCCS(=O)(=O)[O-])OC. The molecule has 0 aliphatic rings. The maximum atomic E-state index is 10.2. The minimum absolute atomic E-state index is 0.0781. The van der Waals surface area contributed by atoms with Crippen LogP contribution < -0.4 is 5.32 Å². The average Bonchev–Trinajstić information content (AvgIpc) is 2.03. The highest BCUT2D eigenvalue weighted by Gasteiger charge is 2.02. The fourth-order valence-corrected chi connectivity index (χ4v) is 1.25. The highest BCUT2D eigenvalue weighted by molar-refractivity contribution is 7.85. The smallest absolute Gasteiger partial charge is 0.0958 e. The maximum Gasteiger partial charge on any atom is 0.0958 e. The van der Waals surface area contributed by atoms with Gasteiger partial charge >= 0.3 is 0 Å². The van der Waals surface area contributed by atoms with Crippen LogP contribution in [-0.4, -0.2) is 45.0 Å². The van der Waals surface area contributed by atoms with Gasteiger partial charge in [0.25, 0.3) is 0 Å². The summed E-state index contributed by atoms with van der Waals surface area (Å²) in [7, 11) is -2.49. The van der Waals surface area contributed by atoms with E-state index in [4.69, 9.17) is 4.74 Å². The molecule has 1 N–H and O–H groups in total. The number of methoxy groups -OCH3 is 1. The van der Waals surface area contributed by atoms with Crippen LogP contribution in [0.1, 0.15) is 13.3 Å².